The van der Waals surface area contributed by atoms with Crippen molar-refractivity contribution in [3.05, 3.63) is 47.0 Å². The summed E-state index contributed by atoms with van der Waals surface area (Å²) in [5, 5.41) is 15.1. The molecule has 1 fully saturated rings. The number of likely N-dealkylation sites (tertiary alicyclic amines) is 1. The van der Waals surface area contributed by atoms with E-state index < -0.39 is 59.7 Å². The molecule has 3 heterocycles. The average molecular weight is 484 g/mol. The topological polar surface area (TPSA) is 126 Å². The van der Waals surface area contributed by atoms with Crippen LogP contribution in [0.4, 0.5) is 32.6 Å². The first-order valence-corrected chi connectivity index (χ1v) is 9.81. The molecule has 0 radical (unpaired) electrons. The van der Waals surface area contributed by atoms with Gasteiger partial charge in [0.05, 0.1) is 23.8 Å². The standard InChI is InChI=1S/C20H17F5N6O3/c1-8-10(18(32)29-14-6-30(19(33)34)5-13(14)22)2-9(3-12(8)21)15-4-11(20(23,24)25)16-17(26)27-7-28-31(15)16/h2-4,7,13-14H,5-6H2,1H3,(H,29,32)(H,33,34)(H2,26,27,28)/t13-,14+/m0/s1. The second-order valence-corrected chi connectivity index (χ2v) is 7.76. The zero-order valence-corrected chi connectivity index (χ0v) is 17.4. The molecule has 2 atom stereocenters. The van der Waals surface area contributed by atoms with Crippen molar-refractivity contribution >= 4 is 23.3 Å². The van der Waals surface area contributed by atoms with Crippen molar-refractivity contribution in [2.24, 2.45) is 0 Å². The van der Waals surface area contributed by atoms with Crippen molar-refractivity contribution in [1.82, 2.24) is 24.8 Å². The minimum atomic E-state index is -4.82. The van der Waals surface area contributed by atoms with Crippen LogP contribution >= 0.6 is 0 Å². The van der Waals surface area contributed by atoms with Gasteiger partial charge in [0.25, 0.3) is 5.91 Å². The third-order valence-electron chi connectivity index (χ3n) is 5.61. The summed E-state index contributed by atoms with van der Waals surface area (Å²) in [5.74, 6) is -2.26. The first-order chi connectivity index (χ1) is 15.9. The first-order valence-electron chi connectivity index (χ1n) is 9.81. The van der Waals surface area contributed by atoms with Gasteiger partial charge in [-0.15, -0.1) is 0 Å². The molecule has 1 aliphatic rings. The number of hydrogen-bond donors (Lipinski definition) is 3. The highest BCUT2D eigenvalue weighted by Crippen LogP contribution is 2.39. The Kier molecular flexibility index (Phi) is 5.53. The Morgan fingerprint density at radius 3 is 2.56 bits per heavy atom. The Labute approximate surface area is 188 Å². The molecular formula is C20H17F5N6O3. The highest BCUT2D eigenvalue weighted by Gasteiger charge is 2.38. The Balaban J connectivity index is 1.76. The zero-order valence-electron chi connectivity index (χ0n) is 17.4. The molecule has 1 saturated heterocycles. The van der Waals surface area contributed by atoms with E-state index in [9.17, 15) is 31.5 Å². The quantitative estimate of drug-likeness (QED) is 0.491. The van der Waals surface area contributed by atoms with E-state index in [1.54, 1.807) is 0 Å². The summed E-state index contributed by atoms with van der Waals surface area (Å²) in [4.78, 5) is 28.2. The molecule has 0 aliphatic carbocycles. The van der Waals surface area contributed by atoms with Crippen molar-refractivity contribution in [2.75, 3.05) is 18.8 Å². The molecule has 4 rings (SSSR count). The number of fused-ring (bicyclic) bond motifs is 1. The molecule has 0 bridgehead atoms. The number of aromatic nitrogens is 3. The fourth-order valence-corrected chi connectivity index (χ4v) is 3.85. The Morgan fingerprint density at radius 2 is 1.94 bits per heavy atom. The van der Waals surface area contributed by atoms with E-state index in [4.69, 9.17) is 10.8 Å². The third-order valence-corrected chi connectivity index (χ3v) is 5.61. The summed E-state index contributed by atoms with van der Waals surface area (Å²) in [6.07, 6.45) is -6.93. The van der Waals surface area contributed by atoms with E-state index in [0.29, 0.717) is 6.07 Å². The van der Waals surface area contributed by atoms with Gasteiger partial charge in [-0.3, -0.25) is 4.79 Å². The molecule has 3 aromatic rings. The molecule has 0 unspecified atom stereocenters. The van der Waals surface area contributed by atoms with Gasteiger partial charge in [0.2, 0.25) is 0 Å². The fraction of sp³-hybridized carbons (Fsp3) is 0.300. The van der Waals surface area contributed by atoms with Gasteiger partial charge >= 0.3 is 12.3 Å². The lowest BCUT2D eigenvalue weighted by Gasteiger charge is -2.16. The summed E-state index contributed by atoms with van der Waals surface area (Å²) in [6.45, 7) is 0.528. The SMILES string of the molecule is Cc1c(F)cc(-c2cc(C(F)(F)F)c3c(N)ncnn23)cc1C(=O)N[C@@H]1CN(C(=O)O)C[C@@H]1F. The van der Waals surface area contributed by atoms with Crippen LogP contribution in [-0.2, 0) is 6.18 Å². The minimum Gasteiger partial charge on any atom is -0.465 e. The van der Waals surface area contributed by atoms with Crippen LogP contribution in [0.15, 0.2) is 24.5 Å². The highest BCUT2D eigenvalue weighted by molar-refractivity contribution is 5.97. The molecule has 4 N–H and O–H groups in total. The molecular weight excluding hydrogens is 467 g/mol. The number of amides is 2. The molecule has 1 aromatic carbocycles. The van der Waals surface area contributed by atoms with Gasteiger partial charge in [0.1, 0.15) is 23.8 Å². The molecule has 34 heavy (non-hydrogen) atoms. The number of nitrogens with two attached hydrogens (primary N) is 1. The van der Waals surface area contributed by atoms with Crippen LogP contribution in [0.2, 0.25) is 0 Å². The predicted octanol–water partition coefficient (Wildman–Crippen LogP) is 2.87. The lowest BCUT2D eigenvalue weighted by molar-refractivity contribution is -0.136. The molecule has 9 nitrogen and oxygen atoms in total. The largest absolute Gasteiger partial charge is 0.465 e. The number of anilines is 1. The van der Waals surface area contributed by atoms with Gasteiger partial charge < -0.3 is 21.1 Å². The third kappa shape index (κ3) is 3.95. The smallest absolute Gasteiger partial charge is 0.418 e. The van der Waals surface area contributed by atoms with E-state index in [2.05, 4.69) is 15.4 Å². The molecule has 0 saturated carbocycles. The Hall–Kier alpha value is -3.97. The molecule has 1 aliphatic heterocycles. The summed E-state index contributed by atoms with van der Waals surface area (Å²) in [5.41, 5.74) is 3.23. The number of carbonyl (C=O) groups excluding carboxylic acids is 1. The lowest BCUT2D eigenvalue weighted by atomic mass is 10.0. The van der Waals surface area contributed by atoms with Crippen molar-refractivity contribution in [3.63, 3.8) is 0 Å². The maximum Gasteiger partial charge on any atom is 0.418 e. The van der Waals surface area contributed by atoms with Crippen molar-refractivity contribution in [3.8, 4) is 11.3 Å². The number of nitrogens with zero attached hydrogens (tertiary/aromatic N) is 4. The molecule has 2 aromatic heterocycles. The van der Waals surface area contributed by atoms with Gasteiger partial charge in [0.15, 0.2) is 5.82 Å². The molecule has 0 spiro atoms. The maximum absolute atomic E-state index is 14.7. The summed E-state index contributed by atoms with van der Waals surface area (Å²) < 4.78 is 70.5. The normalized spacial score (nSPS) is 18.5. The van der Waals surface area contributed by atoms with Crippen molar-refractivity contribution < 1.29 is 36.6 Å². The van der Waals surface area contributed by atoms with E-state index in [-0.39, 0.29) is 28.9 Å². The number of hydrogen-bond acceptors (Lipinski definition) is 5. The number of nitrogens with one attached hydrogen (secondary N) is 1. The number of alkyl halides is 4. The number of benzene rings is 1. The number of carboxylic acid groups (broad SMARTS) is 1. The van der Waals surface area contributed by atoms with Crippen LogP contribution in [-0.4, -0.2) is 61.9 Å². The summed E-state index contributed by atoms with van der Waals surface area (Å²) in [7, 11) is 0. The van der Waals surface area contributed by atoms with Gasteiger partial charge in [-0.25, -0.2) is 23.1 Å². The minimum absolute atomic E-state index is 0.118. The van der Waals surface area contributed by atoms with Gasteiger partial charge in [-0.2, -0.15) is 18.3 Å². The van der Waals surface area contributed by atoms with E-state index >= 15 is 0 Å². The number of halogens is 5. The van der Waals surface area contributed by atoms with Crippen molar-refractivity contribution in [1.29, 1.82) is 0 Å². The summed E-state index contributed by atoms with van der Waals surface area (Å²) >= 11 is 0. The Morgan fingerprint density at radius 1 is 1.24 bits per heavy atom. The summed E-state index contributed by atoms with van der Waals surface area (Å²) in [6, 6.07) is 1.62. The zero-order chi connectivity index (χ0) is 24.9. The van der Waals surface area contributed by atoms with Crippen molar-refractivity contribution in [2.45, 2.75) is 25.3 Å². The van der Waals surface area contributed by atoms with E-state index in [1.807, 2.05) is 0 Å². The first kappa shape index (κ1) is 23.2. The molecule has 14 heteroatoms. The van der Waals surface area contributed by atoms with E-state index in [1.165, 1.54) is 6.92 Å². The number of nitrogen functional groups attached to an aromatic ring is 1. The van der Waals surface area contributed by atoms with Gasteiger partial charge in [-0.1, -0.05) is 0 Å². The van der Waals surface area contributed by atoms with Crippen LogP contribution < -0.4 is 11.1 Å². The molecule has 180 valence electrons. The second-order valence-electron chi connectivity index (χ2n) is 7.76. The van der Waals surface area contributed by atoms with Gasteiger partial charge in [-0.05, 0) is 30.7 Å². The van der Waals surface area contributed by atoms with Crippen LogP contribution in [0.5, 0.6) is 0 Å². The van der Waals surface area contributed by atoms with Gasteiger partial charge in [0, 0.05) is 17.7 Å². The maximum atomic E-state index is 14.7. The lowest BCUT2D eigenvalue weighted by Crippen LogP contribution is -2.42. The van der Waals surface area contributed by atoms with E-state index in [0.717, 1.165) is 27.9 Å². The van der Waals surface area contributed by atoms with Crippen LogP contribution in [0, 0.1) is 12.7 Å². The monoisotopic (exact) mass is 484 g/mol. The number of carbonyl (C=O) groups is 2. The molecule has 2 amide bonds. The number of rotatable bonds is 3. The van der Waals surface area contributed by atoms with Crippen LogP contribution in [0.25, 0.3) is 16.8 Å². The second kappa shape index (κ2) is 8.11. The predicted molar refractivity (Wildman–Crippen MR) is 108 cm³/mol. The Bertz CT molecular complexity index is 1310. The average Bonchev–Trinajstić information content (AvgIpc) is 3.32. The fourth-order valence-electron chi connectivity index (χ4n) is 3.85. The van der Waals surface area contributed by atoms with Crippen LogP contribution in [0.3, 0.4) is 0 Å². The van der Waals surface area contributed by atoms with Crippen LogP contribution in [0.1, 0.15) is 21.5 Å². The highest BCUT2D eigenvalue weighted by atomic mass is 19.4.